The molecule has 1 aliphatic rings. The van der Waals surface area contributed by atoms with E-state index >= 15 is 0 Å². The van der Waals surface area contributed by atoms with Gasteiger partial charge in [-0.1, -0.05) is 0 Å². The van der Waals surface area contributed by atoms with Crippen LogP contribution in [0, 0.1) is 0 Å². The number of H-pyrrole nitrogens is 3. The fourth-order valence-electron chi connectivity index (χ4n) is 3.15. The predicted octanol–water partition coefficient (Wildman–Crippen LogP) is -2.04. The number of amides is 2. The van der Waals surface area contributed by atoms with E-state index in [2.05, 4.69) is 25.3 Å². The molecule has 0 aliphatic carbocycles. The highest BCUT2D eigenvalue weighted by atomic mass is 16.2. The van der Waals surface area contributed by atoms with Crippen LogP contribution < -0.4 is 22.3 Å². The largest absolute Gasteiger partial charge is 0.351 e. The molecule has 1 fully saturated rings. The van der Waals surface area contributed by atoms with Gasteiger partial charge in [0.2, 0.25) is 11.8 Å². The lowest BCUT2D eigenvalue weighted by molar-refractivity contribution is -0.139. The van der Waals surface area contributed by atoms with Gasteiger partial charge in [-0.15, -0.1) is 0 Å². The minimum Gasteiger partial charge on any atom is -0.351 e. The molecule has 0 saturated carbocycles. The highest BCUT2D eigenvalue weighted by Gasteiger charge is 2.36. The fourth-order valence-corrected chi connectivity index (χ4v) is 3.15. The molecule has 0 aromatic carbocycles. The van der Waals surface area contributed by atoms with E-state index in [0.717, 1.165) is 0 Å². The Bertz CT molecular complexity index is 889. The van der Waals surface area contributed by atoms with Gasteiger partial charge in [0.15, 0.2) is 0 Å². The van der Waals surface area contributed by atoms with E-state index in [9.17, 15) is 19.2 Å². The van der Waals surface area contributed by atoms with E-state index in [-0.39, 0.29) is 30.5 Å². The number of aromatic amines is 3. The van der Waals surface area contributed by atoms with Crippen molar-refractivity contribution < 1.29 is 9.59 Å². The van der Waals surface area contributed by atoms with Crippen LogP contribution in [0.4, 0.5) is 0 Å². The molecule has 2 aromatic heterocycles. The predicted molar refractivity (Wildman–Crippen MR) is 94.5 cm³/mol. The van der Waals surface area contributed by atoms with Gasteiger partial charge in [0.05, 0.1) is 24.6 Å². The topological polar surface area (TPSA) is 170 Å². The number of rotatable bonds is 6. The molecule has 144 valence electrons. The molecule has 0 spiro atoms. The zero-order chi connectivity index (χ0) is 19.4. The quantitative estimate of drug-likeness (QED) is 0.389. The van der Waals surface area contributed by atoms with Crippen molar-refractivity contribution in [1.29, 1.82) is 0 Å². The maximum atomic E-state index is 12.6. The first-order chi connectivity index (χ1) is 12.9. The SMILES string of the molecule is N[C@@H](Cc1c[nH]cn1)C(=O)N1CCCC1C(=O)NCc1cc(=O)[nH]c(=O)[nH]1. The summed E-state index contributed by atoms with van der Waals surface area (Å²) in [5, 5.41) is 2.65. The number of aromatic nitrogens is 4. The normalized spacial score (nSPS) is 17.7. The van der Waals surface area contributed by atoms with Crippen molar-refractivity contribution in [2.45, 2.75) is 37.9 Å². The van der Waals surface area contributed by atoms with Gasteiger partial charge in [0, 0.05) is 30.9 Å². The van der Waals surface area contributed by atoms with Crippen molar-refractivity contribution in [3.63, 3.8) is 0 Å². The second kappa shape index (κ2) is 7.99. The summed E-state index contributed by atoms with van der Waals surface area (Å²) in [6, 6.07) is -0.221. The third-order valence-electron chi connectivity index (χ3n) is 4.41. The first-order valence-electron chi connectivity index (χ1n) is 8.58. The molecule has 11 heteroatoms. The third kappa shape index (κ3) is 4.50. The van der Waals surface area contributed by atoms with E-state index in [0.29, 0.717) is 25.1 Å². The van der Waals surface area contributed by atoms with E-state index < -0.39 is 23.3 Å². The van der Waals surface area contributed by atoms with Crippen LogP contribution in [0.15, 0.2) is 28.2 Å². The lowest BCUT2D eigenvalue weighted by atomic mass is 10.1. The van der Waals surface area contributed by atoms with Gasteiger partial charge in [-0.25, -0.2) is 9.78 Å². The van der Waals surface area contributed by atoms with Crippen molar-refractivity contribution >= 4 is 11.8 Å². The second-order valence-corrected chi connectivity index (χ2v) is 6.39. The first-order valence-corrected chi connectivity index (χ1v) is 8.58. The number of hydrogen-bond acceptors (Lipinski definition) is 6. The minimum absolute atomic E-state index is 0.0180. The maximum Gasteiger partial charge on any atom is 0.325 e. The zero-order valence-corrected chi connectivity index (χ0v) is 14.5. The Labute approximate surface area is 153 Å². The maximum absolute atomic E-state index is 12.6. The molecule has 6 N–H and O–H groups in total. The molecule has 2 atom stereocenters. The first kappa shape index (κ1) is 18.6. The van der Waals surface area contributed by atoms with Gasteiger partial charge >= 0.3 is 5.69 Å². The van der Waals surface area contributed by atoms with Gasteiger partial charge in [-0.05, 0) is 12.8 Å². The molecule has 11 nitrogen and oxygen atoms in total. The lowest BCUT2D eigenvalue weighted by Crippen LogP contribution is -2.51. The van der Waals surface area contributed by atoms with Crippen LogP contribution in [0.3, 0.4) is 0 Å². The number of hydrogen-bond donors (Lipinski definition) is 5. The van der Waals surface area contributed by atoms with Crippen LogP contribution >= 0.6 is 0 Å². The van der Waals surface area contributed by atoms with Crippen molar-refractivity contribution in [1.82, 2.24) is 30.2 Å². The average molecular weight is 375 g/mol. The molecule has 1 aliphatic heterocycles. The van der Waals surface area contributed by atoms with Crippen LogP contribution in [0.1, 0.15) is 24.2 Å². The van der Waals surface area contributed by atoms with E-state index in [1.54, 1.807) is 6.20 Å². The summed E-state index contributed by atoms with van der Waals surface area (Å²) >= 11 is 0. The molecule has 27 heavy (non-hydrogen) atoms. The molecule has 1 saturated heterocycles. The molecule has 3 rings (SSSR count). The summed E-state index contributed by atoms with van der Waals surface area (Å²) in [5.41, 5.74) is 5.75. The average Bonchev–Trinajstić information content (AvgIpc) is 3.29. The number of imidazole rings is 1. The van der Waals surface area contributed by atoms with Gasteiger partial charge < -0.3 is 25.9 Å². The van der Waals surface area contributed by atoms with Crippen LogP contribution in [0.25, 0.3) is 0 Å². The van der Waals surface area contributed by atoms with Crippen molar-refractivity contribution in [3.8, 4) is 0 Å². The molecular formula is C16H21N7O4. The number of likely N-dealkylation sites (tertiary alicyclic amines) is 1. The minimum atomic E-state index is -0.786. The second-order valence-electron chi connectivity index (χ2n) is 6.39. The highest BCUT2D eigenvalue weighted by molar-refractivity contribution is 5.90. The Morgan fingerprint density at radius 2 is 2.19 bits per heavy atom. The van der Waals surface area contributed by atoms with Crippen LogP contribution in [0.2, 0.25) is 0 Å². The number of carbonyl (C=O) groups is 2. The Balaban J connectivity index is 1.60. The summed E-state index contributed by atoms with van der Waals surface area (Å²) in [5.74, 6) is -0.658. The molecule has 0 bridgehead atoms. The standard InChI is InChI=1S/C16H21N7O4/c17-11(4-9-6-18-8-20-9)15(26)23-3-1-2-12(23)14(25)19-7-10-5-13(24)22-16(27)21-10/h5-6,8,11-12H,1-4,7,17H2,(H,18,20)(H,19,25)(H2,21,22,24,27)/t11-,12?/m0/s1. The Hall–Kier alpha value is -3.21. The van der Waals surface area contributed by atoms with Gasteiger partial charge in [0.1, 0.15) is 6.04 Å². The molecule has 0 radical (unpaired) electrons. The van der Waals surface area contributed by atoms with Crippen molar-refractivity contribution in [2.75, 3.05) is 6.54 Å². The third-order valence-corrected chi connectivity index (χ3v) is 4.41. The summed E-state index contributed by atoms with van der Waals surface area (Å²) < 4.78 is 0. The van der Waals surface area contributed by atoms with E-state index in [4.69, 9.17) is 5.73 Å². The molecular weight excluding hydrogens is 354 g/mol. The zero-order valence-electron chi connectivity index (χ0n) is 14.5. The monoisotopic (exact) mass is 375 g/mol. The van der Waals surface area contributed by atoms with Crippen LogP contribution in [-0.2, 0) is 22.6 Å². The Kier molecular flexibility index (Phi) is 5.50. The fraction of sp³-hybridized carbons (Fsp3) is 0.438. The summed E-state index contributed by atoms with van der Waals surface area (Å²) in [6.07, 6.45) is 4.68. The van der Waals surface area contributed by atoms with Gasteiger partial charge in [0.25, 0.3) is 5.56 Å². The summed E-state index contributed by atoms with van der Waals surface area (Å²) in [4.78, 5) is 60.5. The smallest absolute Gasteiger partial charge is 0.325 e. The highest BCUT2D eigenvalue weighted by Crippen LogP contribution is 2.19. The summed E-state index contributed by atoms with van der Waals surface area (Å²) in [6.45, 7) is 0.433. The number of nitrogens with two attached hydrogens (primary N) is 1. The van der Waals surface area contributed by atoms with E-state index in [1.807, 2.05) is 0 Å². The van der Waals surface area contributed by atoms with Crippen molar-refractivity contribution in [3.05, 3.63) is 50.8 Å². The number of nitrogens with zero attached hydrogens (tertiary/aromatic N) is 2. The molecule has 2 amide bonds. The Morgan fingerprint density at radius 3 is 2.89 bits per heavy atom. The number of nitrogens with one attached hydrogen (secondary N) is 4. The number of carbonyl (C=O) groups excluding carboxylic acids is 2. The van der Waals surface area contributed by atoms with Gasteiger partial charge in [-0.3, -0.25) is 19.4 Å². The lowest BCUT2D eigenvalue weighted by Gasteiger charge is -2.26. The molecule has 1 unspecified atom stereocenters. The van der Waals surface area contributed by atoms with Crippen LogP contribution in [0.5, 0.6) is 0 Å². The van der Waals surface area contributed by atoms with Crippen LogP contribution in [-0.4, -0.2) is 55.3 Å². The van der Waals surface area contributed by atoms with Gasteiger partial charge in [-0.2, -0.15) is 0 Å². The molecule has 2 aromatic rings. The Morgan fingerprint density at radius 1 is 1.37 bits per heavy atom. The molecule has 3 heterocycles. The van der Waals surface area contributed by atoms with Crippen molar-refractivity contribution in [2.24, 2.45) is 5.73 Å². The van der Waals surface area contributed by atoms with E-state index in [1.165, 1.54) is 17.3 Å². The summed E-state index contributed by atoms with van der Waals surface area (Å²) in [7, 11) is 0.